The van der Waals surface area contributed by atoms with Crippen LogP contribution in [0.15, 0.2) is 34.9 Å². The Labute approximate surface area is 112 Å². The van der Waals surface area contributed by atoms with Gasteiger partial charge in [0.2, 0.25) is 0 Å². The second kappa shape index (κ2) is 4.92. The molecule has 1 aromatic carbocycles. The predicted molar refractivity (Wildman–Crippen MR) is 67.3 cm³/mol. The minimum atomic E-state index is -4.48. The number of alkyl halides is 3. The second-order valence-electron chi connectivity index (χ2n) is 4.19. The minimum Gasteiger partial charge on any atom is -0.459 e. The molecule has 0 saturated heterocycles. The van der Waals surface area contributed by atoms with Crippen LogP contribution in [0.5, 0.6) is 0 Å². The summed E-state index contributed by atoms with van der Waals surface area (Å²) in [4.78, 5) is 11.8. The second-order valence-corrected chi connectivity index (χ2v) is 4.19. The van der Waals surface area contributed by atoms with Crippen LogP contribution in [0.25, 0.3) is 0 Å². The van der Waals surface area contributed by atoms with Gasteiger partial charge in [0.15, 0.2) is 5.76 Å². The number of rotatable bonds is 2. The Kier molecular flexibility index (Phi) is 3.44. The molecule has 0 bridgehead atoms. The van der Waals surface area contributed by atoms with Crippen molar-refractivity contribution in [1.82, 2.24) is 0 Å². The fourth-order valence-corrected chi connectivity index (χ4v) is 1.64. The van der Waals surface area contributed by atoms with E-state index in [9.17, 15) is 18.0 Å². The lowest BCUT2D eigenvalue weighted by Crippen LogP contribution is -2.14. The smallest absolute Gasteiger partial charge is 0.416 e. The maximum Gasteiger partial charge on any atom is 0.416 e. The number of benzene rings is 1. The number of nitrogens with two attached hydrogens (primary N) is 1. The summed E-state index contributed by atoms with van der Waals surface area (Å²) in [6.07, 6.45) is -3.13. The standard InChI is InChI=1S/C13H11F3N2O2/c1-7-4-5-20-11(7)12(19)18-10-3-2-8(6-9(10)17)13(14,15)16/h2-6H,17H2,1H3,(H,18,19). The molecule has 1 aromatic heterocycles. The van der Waals surface area contributed by atoms with Crippen LogP contribution >= 0.6 is 0 Å². The summed E-state index contributed by atoms with van der Waals surface area (Å²) < 4.78 is 42.4. The molecule has 0 atom stereocenters. The van der Waals surface area contributed by atoms with Crippen molar-refractivity contribution < 1.29 is 22.4 Å². The fourth-order valence-electron chi connectivity index (χ4n) is 1.64. The Morgan fingerprint density at radius 1 is 1.30 bits per heavy atom. The molecule has 3 N–H and O–H groups in total. The van der Waals surface area contributed by atoms with E-state index in [2.05, 4.69) is 5.32 Å². The average molecular weight is 284 g/mol. The summed E-state index contributed by atoms with van der Waals surface area (Å²) in [5.41, 5.74) is 5.18. The van der Waals surface area contributed by atoms with E-state index in [0.717, 1.165) is 18.2 Å². The van der Waals surface area contributed by atoms with Gasteiger partial charge in [0.05, 0.1) is 23.2 Å². The van der Waals surface area contributed by atoms with E-state index in [4.69, 9.17) is 10.2 Å². The molecule has 2 rings (SSSR count). The van der Waals surface area contributed by atoms with Crippen LogP contribution < -0.4 is 11.1 Å². The predicted octanol–water partition coefficient (Wildman–Crippen LogP) is 3.44. The third-order valence-corrected chi connectivity index (χ3v) is 2.70. The van der Waals surface area contributed by atoms with E-state index in [0.29, 0.717) is 5.56 Å². The van der Waals surface area contributed by atoms with Gasteiger partial charge in [-0.25, -0.2) is 0 Å². The average Bonchev–Trinajstić information content (AvgIpc) is 2.76. The highest BCUT2D eigenvalue weighted by Crippen LogP contribution is 2.33. The van der Waals surface area contributed by atoms with Crippen molar-refractivity contribution in [3.8, 4) is 0 Å². The highest BCUT2D eigenvalue weighted by molar-refractivity contribution is 6.04. The van der Waals surface area contributed by atoms with Crippen molar-refractivity contribution in [2.24, 2.45) is 0 Å². The molecule has 0 spiro atoms. The van der Waals surface area contributed by atoms with Crippen molar-refractivity contribution in [2.75, 3.05) is 11.1 Å². The molecule has 4 nitrogen and oxygen atoms in total. The summed E-state index contributed by atoms with van der Waals surface area (Å²) in [6, 6.07) is 4.32. The number of carbonyl (C=O) groups is 1. The van der Waals surface area contributed by atoms with Crippen LogP contribution in [0.2, 0.25) is 0 Å². The van der Waals surface area contributed by atoms with Gasteiger partial charge < -0.3 is 15.5 Å². The van der Waals surface area contributed by atoms with Crippen molar-refractivity contribution in [2.45, 2.75) is 13.1 Å². The number of furan rings is 1. The summed E-state index contributed by atoms with van der Waals surface area (Å²) in [7, 11) is 0. The van der Waals surface area contributed by atoms with E-state index < -0.39 is 17.6 Å². The molecule has 1 heterocycles. The number of halogens is 3. The van der Waals surface area contributed by atoms with Crippen LogP contribution in [-0.2, 0) is 6.18 Å². The van der Waals surface area contributed by atoms with E-state index in [1.807, 2.05) is 0 Å². The number of aryl methyl sites for hydroxylation is 1. The van der Waals surface area contributed by atoms with Crippen LogP contribution in [0.1, 0.15) is 21.7 Å². The lowest BCUT2D eigenvalue weighted by molar-refractivity contribution is -0.137. The van der Waals surface area contributed by atoms with E-state index >= 15 is 0 Å². The van der Waals surface area contributed by atoms with Crippen LogP contribution in [0, 0.1) is 6.92 Å². The number of hydrogen-bond acceptors (Lipinski definition) is 3. The number of anilines is 2. The van der Waals surface area contributed by atoms with Gasteiger partial charge in [0.1, 0.15) is 0 Å². The molecular formula is C13H11F3N2O2. The maximum absolute atomic E-state index is 12.5. The molecule has 2 aromatic rings. The van der Waals surface area contributed by atoms with Crippen molar-refractivity contribution >= 4 is 17.3 Å². The molecule has 0 aliphatic heterocycles. The molecule has 106 valence electrons. The number of nitrogen functional groups attached to an aromatic ring is 1. The minimum absolute atomic E-state index is 0.0873. The Morgan fingerprint density at radius 3 is 2.50 bits per heavy atom. The quantitative estimate of drug-likeness (QED) is 0.830. The molecule has 0 aliphatic carbocycles. The molecule has 1 amide bonds. The van der Waals surface area contributed by atoms with E-state index in [1.54, 1.807) is 13.0 Å². The third kappa shape index (κ3) is 2.76. The monoisotopic (exact) mass is 284 g/mol. The Balaban J connectivity index is 2.23. The highest BCUT2D eigenvalue weighted by atomic mass is 19.4. The topological polar surface area (TPSA) is 68.3 Å². The lowest BCUT2D eigenvalue weighted by Gasteiger charge is -2.11. The normalized spacial score (nSPS) is 11.4. The van der Waals surface area contributed by atoms with E-state index in [1.165, 1.54) is 6.26 Å². The zero-order chi connectivity index (χ0) is 14.9. The van der Waals surface area contributed by atoms with E-state index in [-0.39, 0.29) is 17.1 Å². The largest absolute Gasteiger partial charge is 0.459 e. The number of carbonyl (C=O) groups excluding carboxylic acids is 1. The molecule has 7 heteroatoms. The number of nitrogens with one attached hydrogen (secondary N) is 1. The summed E-state index contributed by atoms with van der Waals surface area (Å²) in [5.74, 6) is -0.483. The third-order valence-electron chi connectivity index (χ3n) is 2.70. The lowest BCUT2D eigenvalue weighted by atomic mass is 10.1. The van der Waals surface area contributed by atoms with Gasteiger partial charge in [0.25, 0.3) is 5.91 Å². The zero-order valence-electron chi connectivity index (χ0n) is 10.4. The Bertz CT molecular complexity index is 647. The first-order valence-electron chi connectivity index (χ1n) is 5.61. The van der Waals surface area contributed by atoms with Gasteiger partial charge in [-0.3, -0.25) is 4.79 Å². The van der Waals surface area contributed by atoms with Crippen molar-refractivity contribution in [3.05, 3.63) is 47.4 Å². The fraction of sp³-hybridized carbons (Fsp3) is 0.154. The highest BCUT2D eigenvalue weighted by Gasteiger charge is 2.31. The summed E-state index contributed by atoms with van der Waals surface area (Å²) in [5, 5.41) is 2.41. The summed E-state index contributed by atoms with van der Waals surface area (Å²) >= 11 is 0. The van der Waals surface area contributed by atoms with Crippen LogP contribution in [-0.4, -0.2) is 5.91 Å². The SMILES string of the molecule is Cc1ccoc1C(=O)Nc1ccc(C(F)(F)F)cc1N. The van der Waals surface area contributed by atoms with Crippen LogP contribution in [0.4, 0.5) is 24.5 Å². The zero-order valence-corrected chi connectivity index (χ0v) is 10.4. The molecule has 0 aliphatic rings. The molecule has 0 saturated carbocycles. The first-order chi connectivity index (χ1) is 9.29. The molecule has 0 unspecified atom stereocenters. The van der Waals surface area contributed by atoms with Crippen LogP contribution in [0.3, 0.4) is 0 Å². The molecular weight excluding hydrogens is 273 g/mol. The van der Waals surface area contributed by atoms with Gasteiger partial charge in [-0.1, -0.05) is 0 Å². The van der Waals surface area contributed by atoms with Gasteiger partial charge in [-0.05, 0) is 31.2 Å². The first-order valence-corrected chi connectivity index (χ1v) is 5.61. The Morgan fingerprint density at radius 2 is 2.00 bits per heavy atom. The summed E-state index contributed by atoms with van der Waals surface area (Å²) in [6.45, 7) is 1.68. The van der Waals surface area contributed by atoms with Gasteiger partial charge in [-0.15, -0.1) is 0 Å². The van der Waals surface area contributed by atoms with Gasteiger partial charge in [-0.2, -0.15) is 13.2 Å². The van der Waals surface area contributed by atoms with Crippen molar-refractivity contribution in [1.29, 1.82) is 0 Å². The van der Waals surface area contributed by atoms with Gasteiger partial charge >= 0.3 is 6.18 Å². The van der Waals surface area contributed by atoms with Gasteiger partial charge in [0, 0.05) is 5.56 Å². The van der Waals surface area contributed by atoms with Crippen molar-refractivity contribution in [3.63, 3.8) is 0 Å². The molecule has 0 radical (unpaired) electrons. The Hall–Kier alpha value is -2.44. The maximum atomic E-state index is 12.5. The molecule has 20 heavy (non-hydrogen) atoms. The number of amides is 1. The number of hydrogen-bond donors (Lipinski definition) is 2. The molecule has 0 fully saturated rings. The first kappa shape index (κ1) is 14.0.